The predicted octanol–water partition coefficient (Wildman–Crippen LogP) is 2.65. The van der Waals surface area contributed by atoms with E-state index in [1.807, 2.05) is 0 Å². The van der Waals surface area contributed by atoms with Gasteiger partial charge in [-0.1, -0.05) is 23.9 Å². The number of nitrogens with one attached hydrogen (secondary N) is 1. The number of amides is 4. The van der Waals surface area contributed by atoms with Crippen LogP contribution in [0, 0.1) is 0 Å². The van der Waals surface area contributed by atoms with Crippen molar-refractivity contribution in [3.05, 3.63) is 40.9 Å². The van der Waals surface area contributed by atoms with Gasteiger partial charge in [0, 0.05) is 24.0 Å². The van der Waals surface area contributed by atoms with Crippen LogP contribution in [-0.4, -0.2) is 45.1 Å². The SMILES string of the molecule is O=C(Cc1csc(N2CCCC2=O)n1)Nc1ccc(CN2C(=O)CSC2=O)cc1. The number of thioether (sulfide) groups is 1. The van der Waals surface area contributed by atoms with Crippen molar-refractivity contribution in [1.82, 2.24) is 9.88 Å². The van der Waals surface area contributed by atoms with Crippen molar-refractivity contribution in [2.24, 2.45) is 0 Å². The molecule has 4 amide bonds. The zero-order chi connectivity index (χ0) is 20.4. The van der Waals surface area contributed by atoms with E-state index in [2.05, 4.69) is 10.3 Å². The lowest BCUT2D eigenvalue weighted by molar-refractivity contribution is -0.125. The number of anilines is 2. The summed E-state index contributed by atoms with van der Waals surface area (Å²) >= 11 is 2.38. The molecule has 2 aliphatic heterocycles. The van der Waals surface area contributed by atoms with Crippen molar-refractivity contribution in [3.63, 3.8) is 0 Å². The molecule has 10 heteroatoms. The number of aromatic nitrogens is 1. The minimum absolute atomic E-state index is 0.0753. The van der Waals surface area contributed by atoms with E-state index in [9.17, 15) is 19.2 Å². The molecule has 2 aromatic rings. The summed E-state index contributed by atoms with van der Waals surface area (Å²) in [5.74, 6) is -0.123. The Morgan fingerprint density at radius 3 is 2.59 bits per heavy atom. The Balaban J connectivity index is 1.32. The first-order chi connectivity index (χ1) is 14.0. The molecular weight excluding hydrogens is 412 g/mol. The fourth-order valence-corrected chi connectivity index (χ4v) is 4.72. The molecule has 2 fully saturated rings. The molecule has 1 aromatic heterocycles. The Kier molecular flexibility index (Phi) is 5.63. The summed E-state index contributed by atoms with van der Waals surface area (Å²) in [5.41, 5.74) is 2.06. The molecule has 2 saturated heterocycles. The molecule has 0 spiro atoms. The van der Waals surface area contributed by atoms with Crippen LogP contribution >= 0.6 is 23.1 Å². The van der Waals surface area contributed by atoms with Gasteiger partial charge in [0.15, 0.2) is 5.13 Å². The van der Waals surface area contributed by atoms with Gasteiger partial charge in [-0.05, 0) is 24.1 Å². The molecule has 8 nitrogen and oxygen atoms in total. The minimum Gasteiger partial charge on any atom is -0.326 e. The van der Waals surface area contributed by atoms with Gasteiger partial charge in [-0.15, -0.1) is 11.3 Å². The van der Waals surface area contributed by atoms with E-state index < -0.39 is 0 Å². The second-order valence-electron chi connectivity index (χ2n) is 6.73. The van der Waals surface area contributed by atoms with Crippen molar-refractivity contribution in [2.75, 3.05) is 22.5 Å². The molecule has 29 heavy (non-hydrogen) atoms. The lowest BCUT2D eigenvalue weighted by atomic mass is 10.2. The summed E-state index contributed by atoms with van der Waals surface area (Å²) in [6.45, 7) is 0.910. The molecule has 0 unspecified atom stereocenters. The Hall–Kier alpha value is -2.72. The fraction of sp³-hybridized carbons (Fsp3) is 0.316. The fourth-order valence-electron chi connectivity index (χ4n) is 3.13. The number of rotatable bonds is 6. The van der Waals surface area contributed by atoms with Gasteiger partial charge in [-0.25, -0.2) is 4.98 Å². The van der Waals surface area contributed by atoms with Crippen LogP contribution in [0.1, 0.15) is 24.1 Å². The van der Waals surface area contributed by atoms with Crippen LogP contribution in [0.15, 0.2) is 29.6 Å². The quantitative estimate of drug-likeness (QED) is 0.756. The van der Waals surface area contributed by atoms with Gasteiger partial charge in [0.05, 0.1) is 24.4 Å². The maximum absolute atomic E-state index is 12.3. The smallest absolute Gasteiger partial charge is 0.289 e. The topological polar surface area (TPSA) is 99.7 Å². The van der Waals surface area contributed by atoms with Gasteiger partial charge in [-0.2, -0.15) is 0 Å². The highest BCUT2D eigenvalue weighted by Gasteiger charge is 2.29. The number of nitrogens with zero attached hydrogens (tertiary/aromatic N) is 3. The van der Waals surface area contributed by atoms with E-state index >= 15 is 0 Å². The van der Waals surface area contributed by atoms with E-state index in [-0.39, 0.29) is 41.7 Å². The number of benzene rings is 1. The number of hydrogen-bond acceptors (Lipinski definition) is 7. The third-order valence-corrected chi connectivity index (χ3v) is 6.38. The van der Waals surface area contributed by atoms with Crippen molar-refractivity contribution in [3.8, 4) is 0 Å². The van der Waals surface area contributed by atoms with Gasteiger partial charge in [-0.3, -0.25) is 29.0 Å². The lowest BCUT2D eigenvalue weighted by Crippen LogP contribution is -2.27. The number of thiazole rings is 1. The summed E-state index contributed by atoms with van der Waals surface area (Å²) in [4.78, 5) is 54.7. The van der Waals surface area contributed by atoms with Gasteiger partial charge < -0.3 is 5.32 Å². The van der Waals surface area contributed by atoms with Gasteiger partial charge >= 0.3 is 0 Å². The summed E-state index contributed by atoms with van der Waals surface area (Å²) in [6.07, 6.45) is 1.50. The highest BCUT2D eigenvalue weighted by Crippen LogP contribution is 2.26. The Labute approximate surface area is 175 Å². The third kappa shape index (κ3) is 4.48. The second kappa shape index (κ2) is 8.34. The van der Waals surface area contributed by atoms with Crippen molar-refractivity contribution in [1.29, 1.82) is 0 Å². The van der Waals surface area contributed by atoms with Crippen LogP contribution in [0.25, 0.3) is 0 Å². The molecule has 1 aromatic carbocycles. The molecule has 3 heterocycles. The first-order valence-electron chi connectivity index (χ1n) is 9.10. The molecule has 0 radical (unpaired) electrons. The van der Waals surface area contributed by atoms with E-state index in [1.165, 1.54) is 16.2 Å². The summed E-state index contributed by atoms with van der Waals surface area (Å²) in [6, 6.07) is 7.03. The van der Waals surface area contributed by atoms with Gasteiger partial charge in [0.1, 0.15) is 0 Å². The van der Waals surface area contributed by atoms with Gasteiger partial charge in [0.25, 0.3) is 5.24 Å². The van der Waals surface area contributed by atoms with E-state index in [4.69, 9.17) is 0 Å². The molecule has 1 N–H and O–H groups in total. The maximum atomic E-state index is 12.3. The molecule has 2 aliphatic rings. The van der Waals surface area contributed by atoms with Crippen LogP contribution in [0.3, 0.4) is 0 Å². The van der Waals surface area contributed by atoms with Crippen LogP contribution in [-0.2, 0) is 27.3 Å². The molecule has 150 valence electrons. The van der Waals surface area contributed by atoms with Crippen LogP contribution in [0.2, 0.25) is 0 Å². The van der Waals surface area contributed by atoms with E-state index in [0.717, 1.165) is 23.7 Å². The summed E-state index contributed by atoms with van der Waals surface area (Å²) < 4.78 is 0. The van der Waals surface area contributed by atoms with E-state index in [1.54, 1.807) is 34.5 Å². The van der Waals surface area contributed by atoms with Crippen molar-refractivity contribution < 1.29 is 19.2 Å². The second-order valence-corrected chi connectivity index (χ2v) is 8.49. The van der Waals surface area contributed by atoms with Gasteiger partial charge in [0.2, 0.25) is 17.7 Å². The molecule has 0 bridgehead atoms. The third-order valence-electron chi connectivity index (χ3n) is 4.60. The number of carbonyl (C=O) groups excluding carboxylic acids is 4. The zero-order valence-corrected chi connectivity index (χ0v) is 17.1. The zero-order valence-electron chi connectivity index (χ0n) is 15.4. The molecule has 0 saturated carbocycles. The highest BCUT2D eigenvalue weighted by molar-refractivity contribution is 8.14. The minimum atomic E-state index is -0.231. The summed E-state index contributed by atoms with van der Waals surface area (Å²) in [7, 11) is 0. The van der Waals surface area contributed by atoms with Crippen LogP contribution < -0.4 is 10.2 Å². The standard InChI is InChI=1S/C19H18N4O4S2/c24-15(8-14-10-28-18(21-14)22-7-1-2-16(22)25)20-13-5-3-12(4-6-13)9-23-17(26)11-29-19(23)27/h3-6,10H,1-2,7-9,11H2,(H,20,24). The monoisotopic (exact) mass is 430 g/mol. The Bertz CT molecular complexity index is 957. The largest absolute Gasteiger partial charge is 0.326 e. The highest BCUT2D eigenvalue weighted by atomic mass is 32.2. The number of hydrogen-bond donors (Lipinski definition) is 1. The van der Waals surface area contributed by atoms with Crippen LogP contribution in [0.5, 0.6) is 0 Å². The van der Waals surface area contributed by atoms with Crippen molar-refractivity contribution in [2.45, 2.75) is 25.8 Å². The molecule has 0 aliphatic carbocycles. The molecule has 4 rings (SSSR count). The normalized spacial score (nSPS) is 16.8. The lowest BCUT2D eigenvalue weighted by Gasteiger charge is -2.13. The molecule has 0 atom stereocenters. The predicted molar refractivity (Wildman–Crippen MR) is 111 cm³/mol. The van der Waals surface area contributed by atoms with E-state index in [0.29, 0.717) is 29.5 Å². The average Bonchev–Trinajstić information content (AvgIpc) is 3.40. The Morgan fingerprint density at radius 2 is 1.93 bits per heavy atom. The van der Waals surface area contributed by atoms with Crippen molar-refractivity contribution >= 4 is 56.9 Å². The first kappa shape index (κ1) is 19.6. The summed E-state index contributed by atoms with van der Waals surface area (Å²) in [5, 5.41) is 5.02. The maximum Gasteiger partial charge on any atom is 0.289 e. The Morgan fingerprint density at radius 1 is 1.14 bits per heavy atom. The van der Waals surface area contributed by atoms with Crippen LogP contribution in [0.4, 0.5) is 15.6 Å². The first-order valence-corrected chi connectivity index (χ1v) is 11.0. The molecular formula is C19H18N4O4S2. The average molecular weight is 431 g/mol. The number of carbonyl (C=O) groups is 4. The number of imide groups is 1.